The monoisotopic (exact) mass is 508 g/mol. The topological polar surface area (TPSA) is 62.7 Å². The molecule has 5 nitrogen and oxygen atoms in total. The molecule has 36 heavy (non-hydrogen) atoms. The summed E-state index contributed by atoms with van der Waals surface area (Å²) in [6.07, 6.45) is 0.553. The largest absolute Gasteiger partial charge is 0.490 e. The molecule has 2 bridgehead atoms. The highest BCUT2D eigenvalue weighted by atomic mass is 19.4. The summed E-state index contributed by atoms with van der Waals surface area (Å²) in [5.74, 6) is -1.90. The summed E-state index contributed by atoms with van der Waals surface area (Å²) in [6, 6.07) is 7.67. The summed E-state index contributed by atoms with van der Waals surface area (Å²) in [5, 5.41) is 10.1. The number of carboxylic acid groups (broad SMARTS) is 1. The quantitative estimate of drug-likeness (QED) is 0.456. The van der Waals surface area contributed by atoms with Gasteiger partial charge in [0.15, 0.2) is 0 Å². The number of hydrogen-bond acceptors (Lipinski definition) is 4. The van der Waals surface area contributed by atoms with Crippen LogP contribution >= 0.6 is 0 Å². The summed E-state index contributed by atoms with van der Waals surface area (Å²) in [7, 11) is 0. The lowest BCUT2D eigenvalue weighted by Crippen LogP contribution is -2.52. The van der Waals surface area contributed by atoms with Crippen LogP contribution in [-0.2, 0) is 18.0 Å². The first-order chi connectivity index (χ1) is 17.2. The van der Waals surface area contributed by atoms with Crippen molar-refractivity contribution in [3.63, 3.8) is 0 Å². The van der Waals surface area contributed by atoms with E-state index in [2.05, 4.69) is 4.90 Å². The van der Waals surface area contributed by atoms with Crippen molar-refractivity contribution in [2.24, 2.45) is 11.8 Å². The average Bonchev–Trinajstić information content (AvgIpc) is 2.83. The number of aromatic nitrogens is 1. The number of nitrogens with zero attached hydrogens (tertiary/aromatic N) is 2. The molecule has 2 saturated heterocycles. The molecule has 5 rings (SSSR count). The molecule has 3 fully saturated rings. The average molecular weight is 509 g/mol. The molecule has 1 saturated carbocycles. The maximum absolute atomic E-state index is 14.1. The molecule has 1 aliphatic carbocycles. The van der Waals surface area contributed by atoms with Gasteiger partial charge in [-0.05, 0) is 69.6 Å². The van der Waals surface area contributed by atoms with Gasteiger partial charge in [0.1, 0.15) is 12.4 Å². The molecule has 2 aromatic rings. The van der Waals surface area contributed by atoms with E-state index in [0.717, 1.165) is 25.0 Å². The van der Waals surface area contributed by atoms with Crippen LogP contribution < -0.4 is 4.74 Å². The number of fused-ring (bicyclic) bond motifs is 3. The summed E-state index contributed by atoms with van der Waals surface area (Å²) < 4.78 is 59.0. The van der Waals surface area contributed by atoms with Gasteiger partial charge in [-0.1, -0.05) is 12.5 Å². The minimum absolute atomic E-state index is 0.0311. The molecule has 3 aliphatic rings. The van der Waals surface area contributed by atoms with Crippen LogP contribution in [0.15, 0.2) is 24.3 Å². The Hall–Kier alpha value is -2.42. The lowest BCUT2D eigenvalue weighted by molar-refractivity contribution is -0.185. The molecule has 9 heteroatoms. The number of hydrogen-bond donors (Lipinski definition) is 1. The van der Waals surface area contributed by atoms with E-state index in [1.54, 1.807) is 12.1 Å². The molecular weight excluding hydrogens is 476 g/mol. The van der Waals surface area contributed by atoms with Crippen molar-refractivity contribution < 1.29 is 32.2 Å². The number of aliphatic carboxylic acids is 1. The van der Waals surface area contributed by atoms with Crippen LogP contribution in [0.2, 0.25) is 0 Å². The molecule has 196 valence electrons. The number of halogens is 4. The fourth-order valence-corrected chi connectivity index (χ4v) is 6.44. The molecule has 2 aliphatic heterocycles. The lowest BCUT2D eigenvalue weighted by atomic mass is 9.78. The third-order valence-corrected chi connectivity index (χ3v) is 8.38. The fraction of sp³-hybridized carbons (Fsp3) is 0.630. The van der Waals surface area contributed by atoms with Crippen molar-refractivity contribution in [3.05, 3.63) is 35.5 Å². The van der Waals surface area contributed by atoms with Gasteiger partial charge in [0.25, 0.3) is 0 Å². The second-order valence-electron chi connectivity index (χ2n) is 10.6. The highest BCUT2D eigenvalue weighted by Crippen LogP contribution is 2.40. The number of carbonyl (C=O) groups is 1. The molecule has 3 heterocycles. The van der Waals surface area contributed by atoms with Gasteiger partial charge in [-0.25, -0.2) is 4.39 Å². The van der Waals surface area contributed by atoms with Gasteiger partial charge >= 0.3 is 12.1 Å². The summed E-state index contributed by atoms with van der Waals surface area (Å²) in [5.41, 5.74) is 1.89. The van der Waals surface area contributed by atoms with E-state index in [9.17, 15) is 27.5 Å². The fourth-order valence-electron chi connectivity index (χ4n) is 6.44. The molecule has 1 N–H and O–H groups in total. The Morgan fingerprint density at radius 3 is 2.33 bits per heavy atom. The SMILES string of the molecule is O=C(O)C1CC2CCCC(C1)N2Cc1ccc2c(CF)c(OC3CCC(C(F)(F)F)CC3)ccc2n1. The third kappa shape index (κ3) is 5.17. The van der Waals surface area contributed by atoms with Gasteiger partial charge in [0.05, 0.1) is 29.2 Å². The van der Waals surface area contributed by atoms with Crippen molar-refractivity contribution in [1.82, 2.24) is 9.88 Å². The Labute approximate surface area is 207 Å². The Balaban J connectivity index is 1.30. The van der Waals surface area contributed by atoms with Gasteiger partial charge in [-0.3, -0.25) is 14.7 Å². The first kappa shape index (κ1) is 25.2. The van der Waals surface area contributed by atoms with E-state index < -0.39 is 24.7 Å². The zero-order valence-electron chi connectivity index (χ0n) is 20.1. The standard InChI is InChI=1S/C27H32F4N2O3/c28-14-23-22-9-6-18(15-33-19-2-1-3-20(33)13-16(12-19)26(34)35)32-24(22)10-11-25(23)36-21-7-4-17(5-8-21)27(29,30)31/h6,9-11,16-17,19-21H,1-5,7-8,12-15H2,(H,34,35). The Morgan fingerprint density at radius 1 is 1.03 bits per heavy atom. The predicted molar refractivity (Wildman–Crippen MR) is 126 cm³/mol. The zero-order chi connectivity index (χ0) is 25.4. The van der Waals surface area contributed by atoms with E-state index in [1.807, 2.05) is 12.1 Å². The second-order valence-corrected chi connectivity index (χ2v) is 10.6. The molecular formula is C27H32F4N2O3. The van der Waals surface area contributed by atoms with Crippen LogP contribution in [0.3, 0.4) is 0 Å². The van der Waals surface area contributed by atoms with Gasteiger partial charge < -0.3 is 9.84 Å². The van der Waals surface area contributed by atoms with Crippen LogP contribution in [0.25, 0.3) is 10.9 Å². The first-order valence-corrected chi connectivity index (χ1v) is 12.9. The van der Waals surface area contributed by atoms with E-state index in [-0.39, 0.29) is 36.9 Å². The molecule has 0 spiro atoms. The highest BCUT2D eigenvalue weighted by molar-refractivity contribution is 5.84. The van der Waals surface area contributed by atoms with Crippen LogP contribution in [0.1, 0.15) is 69.0 Å². The van der Waals surface area contributed by atoms with Crippen molar-refractivity contribution in [3.8, 4) is 5.75 Å². The van der Waals surface area contributed by atoms with E-state index in [4.69, 9.17) is 9.72 Å². The number of pyridine rings is 1. The minimum Gasteiger partial charge on any atom is -0.490 e. The second kappa shape index (κ2) is 10.1. The van der Waals surface area contributed by atoms with E-state index in [0.29, 0.717) is 54.4 Å². The molecule has 1 aromatic carbocycles. The normalized spacial score (nSPS) is 29.3. The first-order valence-electron chi connectivity index (χ1n) is 12.9. The Bertz CT molecular complexity index is 1090. The third-order valence-electron chi connectivity index (χ3n) is 8.38. The van der Waals surface area contributed by atoms with Crippen LogP contribution in [0.5, 0.6) is 5.75 Å². The summed E-state index contributed by atoms with van der Waals surface area (Å²) >= 11 is 0. The van der Waals surface area contributed by atoms with E-state index in [1.165, 1.54) is 0 Å². The lowest BCUT2D eigenvalue weighted by Gasteiger charge is -2.48. The maximum Gasteiger partial charge on any atom is 0.391 e. The van der Waals surface area contributed by atoms with Crippen molar-refractivity contribution in [2.75, 3.05) is 0 Å². The maximum atomic E-state index is 14.1. The molecule has 2 atom stereocenters. The number of piperidine rings is 2. The van der Waals surface area contributed by atoms with E-state index >= 15 is 0 Å². The van der Waals surface area contributed by atoms with Crippen LogP contribution in [0.4, 0.5) is 17.6 Å². The molecule has 0 radical (unpaired) electrons. The molecule has 1 aromatic heterocycles. The predicted octanol–water partition coefficient (Wildman–Crippen LogP) is 6.42. The van der Waals surface area contributed by atoms with Gasteiger partial charge in [0.2, 0.25) is 0 Å². The molecule has 2 unspecified atom stereocenters. The Kier molecular flexibility index (Phi) is 7.12. The Morgan fingerprint density at radius 2 is 1.72 bits per heavy atom. The number of ether oxygens (including phenoxy) is 1. The number of carboxylic acids is 1. The summed E-state index contributed by atoms with van der Waals surface area (Å²) in [4.78, 5) is 18.7. The van der Waals surface area contributed by atoms with Gasteiger partial charge in [-0.2, -0.15) is 13.2 Å². The molecule has 0 amide bonds. The van der Waals surface area contributed by atoms with Crippen LogP contribution in [0, 0.1) is 11.8 Å². The van der Waals surface area contributed by atoms with Gasteiger partial charge in [-0.15, -0.1) is 0 Å². The smallest absolute Gasteiger partial charge is 0.391 e. The van der Waals surface area contributed by atoms with Crippen molar-refractivity contribution >= 4 is 16.9 Å². The number of rotatable bonds is 6. The van der Waals surface area contributed by atoms with Crippen LogP contribution in [-0.4, -0.2) is 45.3 Å². The summed E-state index contributed by atoms with van der Waals surface area (Å²) in [6.45, 7) is -0.123. The number of benzene rings is 1. The zero-order valence-corrected chi connectivity index (χ0v) is 20.1. The highest BCUT2D eigenvalue weighted by Gasteiger charge is 2.42. The van der Waals surface area contributed by atoms with Gasteiger partial charge in [0, 0.05) is 29.6 Å². The minimum atomic E-state index is -4.17. The van der Waals surface area contributed by atoms with Crippen molar-refractivity contribution in [1.29, 1.82) is 0 Å². The number of alkyl halides is 4. The van der Waals surface area contributed by atoms with Crippen molar-refractivity contribution in [2.45, 2.75) is 95.4 Å².